The highest BCUT2D eigenvalue weighted by atomic mass is 127. The zero-order valence-corrected chi connectivity index (χ0v) is 19.8. The van der Waals surface area contributed by atoms with Gasteiger partial charge >= 0.3 is 0 Å². The number of likely N-dealkylation sites (tertiary alicyclic amines) is 1. The summed E-state index contributed by atoms with van der Waals surface area (Å²) in [4.78, 5) is 23.5. The molecule has 1 amide bonds. The molecule has 6 nitrogen and oxygen atoms in total. The molecule has 1 aromatic carbocycles. The van der Waals surface area contributed by atoms with E-state index < -0.39 is 0 Å². The highest BCUT2D eigenvalue weighted by Gasteiger charge is 2.27. The maximum absolute atomic E-state index is 12.6. The Hall–Kier alpha value is -1.06. The predicted molar refractivity (Wildman–Crippen MR) is 125 cm³/mol. The Bertz CT molecular complexity index is 669. The van der Waals surface area contributed by atoms with E-state index in [0.29, 0.717) is 30.6 Å². The van der Waals surface area contributed by atoms with Crippen molar-refractivity contribution in [3.63, 3.8) is 0 Å². The highest BCUT2D eigenvalue weighted by Crippen LogP contribution is 2.16. The van der Waals surface area contributed by atoms with Gasteiger partial charge in [0.1, 0.15) is 0 Å². The summed E-state index contributed by atoms with van der Waals surface area (Å²) in [6.45, 7) is 9.09. The molecule has 1 aromatic rings. The summed E-state index contributed by atoms with van der Waals surface area (Å²) in [5.41, 5.74) is 1.10. The van der Waals surface area contributed by atoms with Crippen LogP contribution in [0.1, 0.15) is 18.9 Å². The first-order chi connectivity index (χ1) is 13.1. The molecule has 0 bridgehead atoms. The summed E-state index contributed by atoms with van der Waals surface area (Å²) >= 11 is 5.94. The summed E-state index contributed by atoms with van der Waals surface area (Å²) in [6.07, 6.45) is 1.23. The maximum Gasteiger partial charge on any atom is 0.242 e. The Balaban J connectivity index is 0.00000280. The number of piperazine rings is 1. The molecule has 1 unspecified atom stereocenters. The van der Waals surface area contributed by atoms with Crippen molar-refractivity contribution < 1.29 is 4.79 Å². The van der Waals surface area contributed by atoms with Gasteiger partial charge in [0.05, 0.1) is 6.54 Å². The molecule has 2 aliphatic rings. The van der Waals surface area contributed by atoms with Crippen molar-refractivity contribution >= 4 is 47.4 Å². The van der Waals surface area contributed by atoms with Gasteiger partial charge < -0.3 is 20.0 Å². The van der Waals surface area contributed by atoms with Gasteiger partial charge in [-0.2, -0.15) is 0 Å². The lowest BCUT2D eigenvalue weighted by atomic mass is 10.1. The van der Waals surface area contributed by atoms with E-state index >= 15 is 0 Å². The molecular weight excluding hydrogens is 489 g/mol. The van der Waals surface area contributed by atoms with Crippen LogP contribution in [0.3, 0.4) is 0 Å². The highest BCUT2D eigenvalue weighted by molar-refractivity contribution is 14.0. The van der Waals surface area contributed by atoms with E-state index in [1.54, 1.807) is 7.05 Å². The topological polar surface area (TPSA) is 51.2 Å². The van der Waals surface area contributed by atoms with Crippen LogP contribution in [0.4, 0.5) is 0 Å². The van der Waals surface area contributed by atoms with Gasteiger partial charge in [0, 0.05) is 44.8 Å². The van der Waals surface area contributed by atoms with Crippen molar-refractivity contribution in [1.29, 1.82) is 0 Å². The average Bonchev–Trinajstić information content (AvgIpc) is 3.14. The van der Waals surface area contributed by atoms with E-state index in [1.807, 2.05) is 29.2 Å². The van der Waals surface area contributed by atoms with Crippen LogP contribution in [0.2, 0.25) is 5.02 Å². The van der Waals surface area contributed by atoms with Crippen molar-refractivity contribution in [3.05, 3.63) is 34.9 Å². The fourth-order valence-electron chi connectivity index (χ4n) is 3.80. The van der Waals surface area contributed by atoms with Gasteiger partial charge in [-0.05, 0) is 43.1 Å². The monoisotopic (exact) mass is 519 g/mol. The molecule has 0 aromatic heterocycles. The van der Waals surface area contributed by atoms with E-state index in [-0.39, 0.29) is 29.9 Å². The summed E-state index contributed by atoms with van der Waals surface area (Å²) in [5, 5.41) is 4.20. The smallest absolute Gasteiger partial charge is 0.242 e. The van der Waals surface area contributed by atoms with E-state index in [2.05, 4.69) is 27.0 Å². The number of aliphatic imine (C=N–C) groups is 1. The number of benzene rings is 1. The van der Waals surface area contributed by atoms with E-state index in [9.17, 15) is 4.79 Å². The second kappa shape index (κ2) is 11.2. The minimum absolute atomic E-state index is 0. The largest absolute Gasteiger partial charge is 0.356 e. The molecule has 2 heterocycles. The van der Waals surface area contributed by atoms with Crippen LogP contribution in [-0.2, 0) is 11.3 Å². The molecule has 3 rings (SSSR count). The molecule has 0 saturated carbocycles. The Morgan fingerprint density at radius 1 is 1.25 bits per heavy atom. The van der Waals surface area contributed by atoms with Crippen molar-refractivity contribution in [3.8, 4) is 0 Å². The van der Waals surface area contributed by atoms with Crippen molar-refractivity contribution in [2.75, 3.05) is 52.9 Å². The van der Waals surface area contributed by atoms with Crippen molar-refractivity contribution in [2.45, 2.75) is 19.9 Å². The van der Waals surface area contributed by atoms with Crippen molar-refractivity contribution in [2.24, 2.45) is 10.9 Å². The number of nitrogens with one attached hydrogen (secondary N) is 1. The van der Waals surface area contributed by atoms with Crippen LogP contribution in [0, 0.1) is 5.92 Å². The number of carbonyl (C=O) groups excluding carboxylic acids is 1. The molecule has 2 fully saturated rings. The lowest BCUT2D eigenvalue weighted by Crippen LogP contribution is -2.55. The lowest BCUT2D eigenvalue weighted by molar-refractivity contribution is -0.135. The minimum Gasteiger partial charge on any atom is -0.356 e. The molecule has 28 heavy (non-hydrogen) atoms. The fraction of sp³-hybridized carbons (Fsp3) is 0.600. The molecule has 0 radical (unpaired) electrons. The third-order valence-corrected chi connectivity index (χ3v) is 5.73. The van der Waals surface area contributed by atoms with Crippen molar-refractivity contribution in [1.82, 2.24) is 20.0 Å². The SMILES string of the molecule is CCN1CCC(CNC(=NC)N2CCN(Cc3ccc(Cl)cc3)C(=O)C2)C1.I. The number of nitrogens with zero attached hydrogens (tertiary/aromatic N) is 4. The second-order valence-corrected chi connectivity index (χ2v) is 7.78. The fourth-order valence-corrected chi connectivity index (χ4v) is 3.93. The second-order valence-electron chi connectivity index (χ2n) is 7.34. The summed E-state index contributed by atoms with van der Waals surface area (Å²) in [5.74, 6) is 1.63. The van der Waals surface area contributed by atoms with Gasteiger partial charge in [0.2, 0.25) is 5.91 Å². The normalized spacial score (nSPS) is 21.0. The first-order valence-corrected chi connectivity index (χ1v) is 10.2. The number of hydrogen-bond acceptors (Lipinski definition) is 3. The minimum atomic E-state index is 0. The van der Waals surface area contributed by atoms with E-state index in [4.69, 9.17) is 11.6 Å². The van der Waals surface area contributed by atoms with Gasteiger partial charge in [-0.25, -0.2) is 0 Å². The summed E-state index contributed by atoms with van der Waals surface area (Å²) < 4.78 is 0. The van der Waals surface area contributed by atoms with E-state index in [1.165, 1.54) is 13.0 Å². The van der Waals surface area contributed by atoms with Gasteiger partial charge in [0.15, 0.2) is 5.96 Å². The van der Waals surface area contributed by atoms with Crippen LogP contribution < -0.4 is 5.32 Å². The molecule has 156 valence electrons. The first-order valence-electron chi connectivity index (χ1n) is 9.79. The molecular formula is C20H31ClIN5O. The van der Waals surface area contributed by atoms with Crippen LogP contribution in [-0.4, -0.2) is 79.4 Å². The quantitative estimate of drug-likeness (QED) is 0.369. The maximum atomic E-state index is 12.6. The Labute approximate surface area is 190 Å². The molecule has 1 atom stereocenters. The molecule has 0 aliphatic carbocycles. The van der Waals surface area contributed by atoms with Gasteiger partial charge in [-0.3, -0.25) is 9.79 Å². The number of carbonyl (C=O) groups is 1. The van der Waals surface area contributed by atoms with E-state index in [0.717, 1.165) is 37.7 Å². The van der Waals surface area contributed by atoms with Crippen LogP contribution in [0.5, 0.6) is 0 Å². The number of hydrogen-bond donors (Lipinski definition) is 1. The first kappa shape index (κ1) is 23.2. The number of rotatable bonds is 5. The van der Waals surface area contributed by atoms with Crippen LogP contribution in [0.25, 0.3) is 0 Å². The molecule has 1 N–H and O–H groups in total. The summed E-state index contributed by atoms with van der Waals surface area (Å²) in [6, 6.07) is 7.69. The van der Waals surface area contributed by atoms with Crippen LogP contribution in [0.15, 0.2) is 29.3 Å². The molecule has 2 saturated heterocycles. The Kier molecular flexibility index (Phi) is 9.30. The van der Waals surface area contributed by atoms with Gasteiger partial charge in [0.25, 0.3) is 0 Å². The third-order valence-electron chi connectivity index (χ3n) is 5.48. The lowest BCUT2D eigenvalue weighted by Gasteiger charge is -2.36. The third kappa shape index (κ3) is 6.22. The molecule has 8 heteroatoms. The number of amides is 1. The zero-order valence-electron chi connectivity index (χ0n) is 16.7. The Morgan fingerprint density at radius 2 is 2.00 bits per heavy atom. The molecule has 0 spiro atoms. The Morgan fingerprint density at radius 3 is 2.61 bits per heavy atom. The summed E-state index contributed by atoms with van der Waals surface area (Å²) in [7, 11) is 1.79. The van der Waals surface area contributed by atoms with Crippen LogP contribution >= 0.6 is 35.6 Å². The zero-order chi connectivity index (χ0) is 19.2. The van der Waals surface area contributed by atoms with Gasteiger partial charge in [-0.1, -0.05) is 30.7 Å². The number of halogens is 2. The standard InChI is InChI=1S/C20H30ClN5O.HI/c1-3-24-9-8-17(13-24)12-23-20(22-2)26-11-10-25(19(27)15-26)14-16-4-6-18(21)7-5-16;/h4-7,17H,3,8-15H2,1-2H3,(H,22,23);1H. The van der Waals surface area contributed by atoms with Gasteiger partial charge in [-0.15, -0.1) is 24.0 Å². The average molecular weight is 520 g/mol. The number of guanidine groups is 1. The predicted octanol–water partition coefficient (Wildman–Crippen LogP) is 2.52. The molecule has 2 aliphatic heterocycles.